The summed E-state index contributed by atoms with van der Waals surface area (Å²) < 4.78 is 0. The van der Waals surface area contributed by atoms with Crippen LogP contribution >= 0.6 is 11.8 Å². The fourth-order valence-corrected chi connectivity index (χ4v) is 3.41. The zero-order chi connectivity index (χ0) is 11.2. The van der Waals surface area contributed by atoms with Crippen molar-refractivity contribution in [2.24, 2.45) is 5.92 Å². The molecule has 1 aliphatic carbocycles. The summed E-state index contributed by atoms with van der Waals surface area (Å²) in [5, 5.41) is 8.69. The molecule has 0 spiro atoms. The monoisotopic (exact) mass is 231 g/mol. The van der Waals surface area contributed by atoms with Crippen LogP contribution in [0.15, 0.2) is 24.3 Å². The van der Waals surface area contributed by atoms with Crippen molar-refractivity contribution in [2.45, 2.75) is 31.4 Å². The van der Waals surface area contributed by atoms with Gasteiger partial charge in [0.1, 0.15) is 0 Å². The van der Waals surface area contributed by atoms with E-state index in [1.807, 2.05) is 23.9 Å². The number of thioether (sulfide) groups is 1. The number of nitrogens with zero attached hydrogens (tertiary/aromatic N) is 1. The summed E-state index contributed by atoms with van der Waals surface area (Å²) >= 11 is 2.03. The van der Waals surface area contributed by atoms with Crippen molar-refractivity contribution in [3.63, 3.8) is 0 Å². The lowest BCUT2D eigenvalue weighted by Crippen LogP contribution is -1.96. The highest BCUT2D eigenvalue weighted by atomic mass is 32.2. The zero-order valence-electron chi connectivity index (χ0n) is 9.48. The van der Waals surface area contributed by atoms with Gasteiger partial charge in [0, 0.05) is 5.75 Å². The van der Waals surface area contributed by atoms with Crippen molar-refractivity contribution in [2.75, 3.05) is 5.75 Å². The molecule has 2 rings (SSSR count). The highest BCUT2D eigenvalue weighted by Gasteiger charge is 2.14. The van der Waals surface area contributed by atoms with Crippen molar-refractivity contribution in [3.05, 3.63) is 35.4 Å². The summed E-state index contributed by atoms with van der Waals surface area (Å²) in [5.74, 6) is 3.35. The molecule has 1 nitrogen and oxygen atoms in total. The molecule has 0 aromatic heterocycles. The lowest BCUT2D eigenvalue weighted by Gasteiger charge is -2.07. The van der Waals surface area contributed by atoms with Gasteiger partial charge in [0.15, 0.2) is 0 Å². The van der Waals surface area contributed by atoms with E-state index in [9.17, 15) is 0 Å². The minimum atomic E-state index is 0.754. The molecule has 0 bridgehead atoms. The van der Waals surface area contributed by atoms with E-state index in [0.717, 1.165) is 17.2 Å². The van der Waals surface area contributed by atoms with Crippen molar-refractivity contribution < 1.29 is 0 Å². The van der Waals surface area contributed by atoms with E-state index in [0.29, 0.717) is 0 Å². The number of hydrogen-bond donors (Lipinski definition) is 0. The highest BCUT2D eigenvalue weighted by Crippen LogP contribution is 2.28. The van der Waals surface area contributed by atoms with E-state index in [4.69, 9.17) is 5.26 Å². The van der Waals surface area contributed by atoms with Crippen LogP contribution in [0.2, 0.25) is 0 Å². The molecule has 0 N–H and O–H groups in total. The predicted molar refractivity (Wildman–Crippen MR) is 69.3 cm³/mol. The fraction of sp³-hybridized carbons (Fsp3) is 0.500. The molecule has 0 radical (unpaired) electrons. The van der Waals surface area contributed by atoms with Crippen LogP contribution in [0.1, 0.15) is 36.8 Å². The van der Waals surface area contributed by atoms with Gasteiger partial charge in [-0.1, -0.05) is 25.0 Å². The number of hydrogen-bond acceptors (Lipinski definition) is 2. The molecular weight excluding hydrogens is 214 g/mol. The Bertz CT molecular complexity index is 357. The number of benzene rings is 1. The van der Waals surface area contributed by atoms with E-state index < -0.39 is 0 Å². The van der Waals surface area contributed by atoms with Gasteiger partial charge in [-0.15, -0.1) is 0 Å². The van der Waals surface area contributed by atoms with Crippen molar-refractivity contribution in [3.8, 4) is 6.07 Å². The van der Waals surface area contributed by atoms with Crippen LogP contribution in [0.3, 0.4) is 0 Å². The minimum absolute atomic E-state index is 0.754. The van der Waals surface area contributed by atoms with Crippen LogP contribution in [0.5, 0.6) is 0 Å². The first-order valence-corrected chi connectivity index (χ1v) is 7.11. The molecule has 0 unspecified atom stereocenters. The van der Waals surface area contributed by atoms with E-state index in [1.54, 1.807) is 0 Å². The third kappa shape index (κ3) is 3.28. The third-order valence-electron chi connectivity index (χ3n) is 3.18. The first-order valence-electron chi connectivity index (χ1n) is 5.95. The van der Waals surface area contributed by atoms with Crippen LogP contribution in [0.25, 0.3) is 0 Å². The van der Waals surface area contributed by atoms with E-state index in [2.05, 4.69) is 18.2 Å². The van der Waals surface area contributed by atoms with Crippen molar-refractivity contribution in [1.29, 1.82) is 5.26 Å². The van der Waals surface area contributed by atoms with Crippen LogP contribution in [0.4, 0.5) is 0 Å². The van der Waals surface area contributed by atoms with Gasteiger partial charge >= 0.3 is 0 Å². The molecule has 0 amide bonds. The quantitative estimate of drug-likeness (QED) is 0.782. The van der Waals surface area contributed by atoms with E-state index in [-0.39, 0.29) is 0 Å². The summed E-state index contributed by atoms with van der Waals surface area (Å²) in [6.07, 6.45) is 5.73. The molecule has 16 heavy (non-hydrogen) atoms. The summed E-state index contributed by atoms with van der Waals surface area (Å²) in [7, 11) is 0. The molecular formula is C14H17NS. The van der Waals surface area contributed by atoms with Crippen LogP contribution in [-0.4, -0.2) is 5.75 Å². The Balaban J connectivity index is 1.74. The van der Waals surface area contributed by atoms with Gasteiger partial charge in [-0.25, -0.2) is 0 Å². The second kappa shape index (κ2) is 5.96. The second-order valence-electron chi connectivity index (χ2n) is 4.47. The smallest absolute Gasteiger partial charge is 0.0991 e. The first kappa shape index (κ1) is 11.5. The molecule has 84 valence electrons. The maximum atomic E-state index is 8.69. The van der Waals surface area contributed by atoms with Gasteiger partial charge in [-0.3, -0.25) is 0 Å². The molecule has 0 heterocycles. The standard InChI is InChI=1S/C14H17NS/c15-9-12-5-7-14(8-6-12)11-16-10-13-3-1-2-4-13/h5-8,13H,1-4,10-11H2. The number of rotatable bonds is 4. The lowest BCUT2D eigenvalue weighted by atomic mass is 10.1. The number of nitriles is 1. The van der Waals surface area contributed by atoms with Crippen molar-refractivity contribution >= 4 is 11.8 Å². The second-order valence-corrected chi connectivity index (χ2v) is 5.50. The zero-order valence-corrected chi connectivity index (χ0v) is 10.3. The summed E-state index contributed by atoms with van der Waals surface area (Å²) in [5.41, 5.74) is 2.09. The average Bonchev–Trinajstić information content (AvgIpc) is 2.83. The average molecular weight is 231 g/mol. The lowest BCUT2D eigenvalue weighted by molar-refractivity contribution is 0.623. The van der Waals surface area contributed by atoms with Gasteiger partial charge < -0.3 is 0 Å². The van der Waals surface area contributed by atoms with Crippen LogP contribution in [-0.2, 0) is 5.75 Å². The molecule has 0 saturated heterocycles. The van der Waals surface area contributed by atoms with Crippen LogP contribution in [0, 0.1) is 17.2 Å². The maximum absolute atomic E-state index is 8.69. The molecule has 1 fully saturated rings. The minimum Gasteiger partial charge on any atom is -0.192 e. The Labute approximate surface area is 102 Å². The Hall–Kier alpha value is -0.940. The van der Waals surface area contributed by atoms with Crippen LogP contribution < -0.4 is 0 Å². The Kier molecular flexibility index (Phi) is 4.30. The molecule has 1 saturated carbocycles. The Morgan fingerprint density at radius 1 is 1.19 bits per heavy atom. The van der Waals surface area contributed by atoms with E-state index in [1.165, 1.54) is 37.0 Å². The van der Waals surface area contributed by atoms with Gasteiger partial charge in [0.2, 0.25) is 0 Å². The summed E-state index contributed by atoms with van der Waals surface area (Å²) in [6, 6.07) is 10.1. The highest BCUT2D eigenvalue weighted by molar-refractivity contribution is 7.98. The summed E-state index contributed by atoms with van der Waals surface area (Å²) in [6.45, 7) is 0. The molecule has 0 aliphatic heterocycles. The molecule has 1 aromatic rings. The fourth-order valence-electron chi connectivity index (χ4n) is 2.20. The first-order chi connectivity index (χ1) is 7.88. The SMILES string of the molecule is N#Cc1ccc(CSCC2CCCC2)cc1. The topological polar surface area (TPSA) is 23.8 Å². The van der Waals surface area contributed by atoms with Gasteiger partial charge in [-0.05, 0) is 42.2 Å². The molecule has 1 aromatic carbocycles. The third-order valence-corrected chi connectivity index (χ3v) is 4.42. The van der Waals surface area contributed by atoms with Gasteiger partial charge in [-0.2, -0.15) is 17.0 Å². The maximum Gasteiger partial charge on any atom is 0.0991 e. The predicted octanol–water partition coefficient (Wildman–Crippen LogP) is 3.98. The van der Waals surface area contributed by atoms with Gasteiger partial charge in [0.05, 0.1) is 11.6 Å². The van der Waals surface area contributed by atoms with Crippen molar-refractivity contribution in [1.82, 2.24) is 0 Å². The largest absolute Gasteiger partial charge is 0.192 e. The van der Waals surface area contributed by atoms with Gasteiger partial charge in [0.25, 0.3) is 0 Å². The normalized spacial score (nSPS) is 16.2. The Morgan fingerprint density at radius 2 is 1.88 bits per heavy atom. The molecule has 1 aliphatic rings. The molecule has 0 atom stereocenters. The molecule has 2 heteroatoms. The van der Waals surface area contributed by atoms with E-state index >= 15 is 0 Å². The summed E-state index contributed by atoms with van der Waals surface area (Å²) in [4.78, 5) is 0. The Morgan fingerprint density at radius 3 is 2.50 bits per heavy atom.